The predicted octanol–water partition coefficient (Wildman–Crippen LogP) is 13.8. The van der Waals surface area contributed by atoms with Gasteiger partial charge >= 0.3 is 24.7 Å². The summed E-state index contributed by atoms with van der Waals surface area (Å²) >= 11 is 0. The summed E-state index contributed by atoms with van der Waals surface area (Å²) in [6.45, 7) is 12.2. The van der Waals surface area contributed by atoms with E-state index in [9.17, 15) is 52.7 Å². The molecule has 0 saturated carbocycles. The second-order valence-electron chi connectivity index (χ2n) is 19.9. The third kappa shape index (κ3) is 10.2. The number of benzene rings is 6. The SMILES string of the molecule is COc1c(C(C)(C)C)cc2c(c1-c1cc(C(F)(F)F)cc(C(F)(F)F)c1)C[N+](C)([C@@H](C)c1ccc3ccccc3c1)Cc1c-2cc(C(C)(C)C)c(OC)c1-c1cc(C(F)(F)F)cc(C(F)(F)F)c1.[Br-]. The topological polar surface area (TPSA) is 18.5 Å². The molecule has 69 heavy (non-hydrogen) atoms. The van der Waals surface area contributed by atoms with E-state index in [0.29, 0.717) is 35.4 Å². The van der Waals surface area contributed by atoms with Crippen molar-refractivity contribution in [3.8, 4) is 44.9 Å². The number of halogens is 13. The van der Waals surface area contributed by atoms with Gasteiger partial charge in [-0.3, -0.25) is 0 Å². The average molecular weight is 1040 g/mol. The Morgan fingerprint density at radius 2 is 0.826 bits per heavy atom. The number of hydrogen-bond acceptors (Lipinski definition) is 2. The fourth-order valence-electron chi connectivity index (χ4n) is 9.44. The van der Waals surface area contributed by atoms with Gasteiger partial charge in [0.1, 0.15) is 30.6 Å². The van der Waals surface area contributed by atoms with Crippen LogP contribution in [-0.4, -0.2) is 25.8 Å². The Bertz CT molecular complexity index is 2720. The van der Waals surface area contributed by atoms with Crippen molar-refractivity contribution in [3.63, 3.8) is 0 Å². The average Bonchev–Trinajstić information content (AvgIpc) is 3.35. The van der Waals surface area contributed by atoms with E-state index in [2.05, 4.69) is 0 Å². The zero-order valence-corrected chi connectivity index (χ0v) is 40.9. The van der Waals surface area contributed by atoms with Gasteiger partial charge in [-0.25, -0.2) is 0 Å². The molecule has 6 aromatic rings. The van der Waals surface area contributed by atoms with Crippen LogP contribution in [0.3, 0.4) is 0 Å². The van der Waals surface area contributed by atoms with Crippen LogP contribution in [0.1, 0.15) is 105 Å². The molecule has 0 saturated heterocycles. The lowest BCUT2D eigenvalue weighted by Gasteiger charge is -2.41. The molecule has 0 bridgehead atoms. The zero-order chi connectivity index (χ0) is 50.5. The lowest BCUT2D eigenvalue weighted by molar-refractivity contribution is -0.962. The normalized spacial score (nSPS) is 14.9. The highest BCUT2D eigenvalue weighted by atomic mass is 79.9. The molecule has 0 amide bonds. The van der Waals surface area contributed by atoms with Crippen LogP contribution in [0, 0.1) is 0 Å². The van der Waals surface area contributed by atoms with Crippen LogP contribution < -0.4 is 26.5 Å². The molecule has 0 aliphatic carbocycles. The van der Waals surface area contributed by atoms with E-state index in [4.69, 9.17) is 9.47 Å². The highest BCUT2D eigenvalue weighted by molar-refractivity contribution is 5.91. The number of ether oxygens (including phenoxy) is 2. The van der Waals surface area contributed by atoms with Gasteiger partial charge < -0.3 is 30.9 Å². The molecule has 0 radical (unpaired) electrons. The maximum atomic E-state index is 14.7. The minimum atomic E-state index is -5.23. The van der Waals surface area contributed by atoms with Crippen LogP contribution in [0.25, 0.3) is 44.2 Å². The lowest BCUT2D eigenvalue weighted by atomic mass is 9.76. The van der Waals surface area contributed by atoms with Crippen LogP contribution in [0.5, 0.6) is 11.5 Å². The van der Waals surface area contributed by atoms with Crippen molar-refractivity contribution in [2.75, 3.05) is 21.3 Å². The van der Waals surface area contributed by atoms with E-state index < -0.39 is 75.0 Å². The minimum Gasteiger partial charge on any atom is -1.00 e. The molecule has 6 aromatic carbocycles. The van der Waals surface area contributed by atoms with Crippen LogP contribution in [-0.2, 0) is 48.6 Å². The van der Waals surface area contributed by atoms with Crippen molar-refractivity contribution in [1.82, 2.24) is 0 Å². The lowest BCUT2D eigenvalue weighted by Crippen LogP contribution is -3.00. The molecule has 1 aliphatic heterocycles. The van der Waals surface area contributed by atoms with Crippen molar-refractivity contribution < 1.29 is 83.6 Å². The molecule has 16 heteroatoms. The second kappa shape index (κ2) is 17.9. The van der Waals surface area contributed by atoms with Gasteiger partial charge in [-0.05, 0) is 105 Å². The van der Waals surface area contributed by atoms with Gasteiger partial charge in [-0.2, -0.15) is 52.7 Å². The third-order valence-corrected chi connectivity index (χ3v) is 13.1. The maximum absolute atomic E-state index is 14.7. The van der Waals surface area contributed by atoms with Gasteiger partial charge in [0.15, 0.2) is 0 Å². The van der Waals surface area contributed by atoms with E-state index in [1.54, 1.807) is 60.7 Å². The van der Waals surface area contributed by atoms with Crippen molar-refractivity contribution >= 4 is 10.8 Å². The fourth-order valence-corrected chi connectivity index (χ4v) is 9.44. The first-order chi connectivity index (χ1) is 31.2. The first-order valence-electron chi connectivity index (χ1n) is 21.6. The van der Waals surface area contributed by atoms with Crippen molar-refractivity contribution in [3.05, 3.63) is 141 Å². The van der Waals surface area contributed by atoms with E-state index in [0.717, 1.165) is 16.3 Å². The first kappa shape index (κ1) is 53.1. The minimum absolute atomic E-state index is 0. The van der Waals surface area contributed by atoms with E-state index >= 15 is 0 Å². The molecule has 0 spiro atoms. The molecule has 3 nitrogen and oxygen atoms in total. The van der Waals surface area contributed by atoms with Crippen LogP contribution in [0.4, 0.5) is 52.7 Å². The molecule has 0 unspecified atom stereocenters. The number of alkyl halides is 12. The molecule has 1 atom stereocenters. The number of nitrogens with zero attached hydrogens (tertiary/aromatic N) is 1. The fraction of sp³-hybridized carbons (Fsp3) is 0.358. The summed E-state index contributed by atoms with van der Waals surface area (Å²) in [4.78, 5) is 0. The molecular weight excluding hydrogens is 990 g/mol. The van der Waals surface area contributed by atoms with Gasteiger partial charge in [-0.15, -0.1) is 0 Å². The summed E-state index contributed by atoms with van der Waals surface area (Å²) in [5, 5.41) is 1.75. The first-order valence-corrected chi connectivity index (χ1v) is 21.6. The molecule has 0 fully saturated rings. The molecule has 0 N–H and O–H groups in total. The summed E-state index contributed by atoms with van der Waals surface area (Å²) in [6.07, 6.45) is -20.9. The Balaban J connectivity index is 0.00000782. The standard InChI is InChI=1S/C53H50F12NO2.BrH/c1-28(30-16-15-29-13-11-12-14-31(29)17-30)66(8)26-40-38(24-42(48(2,3)4)46(67-9)44(40)32-18-34(50(54,55)56)22-35(19-32)51(57,58)59)39-25-43(49(5,6)7)47(68-10)45(41(39)27-66)33-20-36(52(60,61)62)23-37(21-33)53(63,64)65;/h11-25,28H,26-27H2,1-10H3;1H/q+1;/p-1/t28-;/m0./s1. The van der Waals surface area contributed by atoms with E-state index in [-0.39, 0.29) is 91.6 Å². The third-order valence-electron chi connectivity index (χ3n) is 13.1. The van der Waals surface area contributed by atoms with Gasteiger partial charge in [0.2, 0.25) is 0 Å². The summed E-state index contributed by atoms with van der Waals surface area (Å²) in [7, 11) is 4.32. The van der Waals surface area contributed by atoms with Crippen LogP contribution in [0.2, 0.25) is 0 Å². The van der Waals surface area contributed by atoms with Gasteiger partial charge in [-0.1, -0.05) is 77.9 Å². The number of rotatable bonds is 6. The smallest absolute Gasteiger partial charge is 0.416 e. The zero-order valence-electron chi connectivity index (χ0n) is 39.3. The highest BCUT2D eigenvalue weighted by Gasteiger charge is 2.45. The quantitative estimate of drug-likeness (QED) is 0.122. The van der Waals surface area contributed by atoms with Crippen LogP contribution >= 0.6 is 0 Å². The summed E-state index contributed by atoms with van der Waals surface area (Å²) < 4.78 is 189. The molecule has 1 heterocycles. The molecule has 1 aliphatic rings. The molecule has 7 rings (SSSR count). The Kier molecular flexibility index (Phi) is 13.8. The number of hydrogen-bond donors (Lipinski definition) is 0. The highest BCUT2D eigenvalue weighted by Crippen LogP contribution is 2.56. The Hall–Kier alpha value is -5.22. The number of fused-ring (bicyclic) bond motifs is 4. The molecule has 370 valence electrons. The largest absolute Gasteiger partial charge is 1.00 e. The Morgan fingerprint density at radius 1 is 0.478 bits per heavy atom. The van der Waals surface area contributed by atoms with Gasteiger partial charge in [0, 0.05) is 38.9 Å². The Labute approximate surface area is 403 Å². The molecule has 0 aromatic heterocycles. The summed E-state index contributed by atoms with van der Waals surface area (Å²) in [6, 6.07) is 18.7. The number of methoxy groups -OCH3 is 2. The monoisotopic (exact) mass is 1040 g/mol. The van der Waals surface area contributed by atoms with E-state index in [1.807, 2.05) is 49.4 Å². The van der Waals surface area contributed by atoms with Crippen molar-refractivity contribution in [2.45, 2.75) is 103 Å². The maximum Gasteiger partial charge on any atom is 0.416 e. The predicted molar refractivity (Wildman–Crippen MR) is 239 cm³/mol. The van der Waals surface area contributed by atoms with Crippen LogP contribution in [0.15, 0.2) is 91.0 Å². The Morgan fingerprint density at radius 3 is 1.14 bits per heavy atom. The number of quaternary nitrogens is 1. The summed E-state index contributed by atoms with van der Waals surface area (Å²) in [5.74, 6) is -0.0101. The van der Waals surface area contributed by atoms with Crippen molar-refractivity contribution in [2.24, 2.45) is 0 Å². The van der Waals surface area contributed by atoms with Gasteiger partial charge in [0.05, 0.1) is 43.5 Å². The van der Waals surface area contributed by atoms with Crippen molar-refractivity contribution in [1.29, 1.82) is 0 Å². The molecular formula is C53H50BrF12NO2. The van der Waals surface area contributed by atoms with E-state index in [1.165, 1.54) is 14.2 Å². The van der Waals surface area contributed by atoms with Gasteiger partial charge in [0.25, 0.3) is 0 Å². The second-order valence-corrected chi connectivity index (χ2v) is 19.9. The summed E-state index contributed by atoms with van der Waals surface area (Å²) in [5.41, 5.74) is -6.67.